The summed E-state index contributed by atoms with van der Waals surface area (Å²) in [6.45, 7) is 0.0973. The molecule has 0 aliphatic heterocycles. The lowest BCUT2D eigenvalue weighted by molar-refractivity contribution is 0.575. The van der Waals surface area contributed by atoms with Crippen molar-refractivity contribution in [3.63, 3.8) is 0 Å². The van der Waals surface area contributed by atoms with Gasteiger partial charge in [-0.1, -0.05) is 6.07 Å². The Hall–Kier alpha value is -1.77. The summed E-state index contributed by atoms with van der Waals surface area (Å²) in [7, 11) is -2.09. The summed E-state index contributed by atoms with van der Waals surface area (Å²) in [5, 5.41) is 3.94. The second-order valence-corrected chi connectivity index (χ2v) is 6.04. The van der Waals surface area contributed by atoms with Crippen molar-refractivity contribution in [1.29, 1.82) is 0 Å². The number of hydrogen-bond acceptors (Lipinski definition) is 4. The standard InChI is InChI=1S/C12H15FN4O2S/c1-17-8-9(6-15-17)7-16-20(18,19)12-4-11(13)3-2-10(12)5-14/h2-4,6,8,16H,5,7,14H2,1H3. The Labute approximate surface area is 116 Å². The Bertz CT molecular complexity index is 712. The molecule has 108 valence electrons. The summed E-state index contributed by atoms with van der Waals surface area (Å²) < 4.78 is 41.6. The zero-order valence-electron chi connectivity index (χ0n) is 10.9. The van der Waals surface area contributed by atoms with Gasteiger partial charge in [-0.3, -0.25) is 4.68 Å². The predicted octanol–water partition coefficient (Wildman–Crippen LogP) is 0.496. The molecule has 3 N–H and O–H groups in total. The van der Waals surface area contributed by atoms with Crippen molar-refractivity contribution < 1.29 is 12.8 Å². The first-order chi connectivity index (χ1) is 9.42. The lowest BCUT2D eigenvalue weighted by Gasteiger charge is -2.10. The zero-order chi connectivity index (χ0) is 14.8. The molecule has 0 radical (unpaired) electrons. The smallest absolute Gasteiger partial charge is 0.241 e. The van der Waals surface area contributed by atoms with Crippen LogP contribution in [-0.2, 0) is 30.2 Å². The van der Waals surface area contributed by atoms with Gasteiger partial charge in [0.2, 0.25) is 10.0 Å². The van der Waals surface area contributed by atoms with Gasteiger partial charge in [0.05, 0.1) is 11.1 Å². The highest BCUT2D eigenvalue weighted by Gasteiger charge is 2.18. The Morgan fingerprint density at radius 2 is 2.20 bits per heavy atom. The van der Waals surface area contributed by atoms with Crippen molar-refractivity contribution in [2.75, 3.05) is 0 Å². The number of nitrogens with two attached hydrogens (primary N) is 1. The van der Waals surface area contributed by atoms with Crippen LogP contribution in [0.2, 0.25) is 0 Å². The first-order valence-corrected chi connectivity index (χ1v) is 7.36. The van der Waals surface area contributed by atoms with E-state index in [0.29, 0.717) is 11.1 Å². The second-order valence-electron chi connectivity index (χ2n) is 4.30. The minimum absolute atomic E-state index is 0.0173. The third-order valence-corrected chi connectivity index (χ3v) is 4.25. The molecule has 1 heterocycles. The maximum Gasteiger partial charge on any atom is 0.241 e. The van der Waals surface area contributed by atoms with Crippen LogP contribution < -0.4 is 10.5 Å². The summed E-state index contributed by atoms with van der Waals surface area (Å²) in [4.78, 5) is -0.135. The van der Waals surface area contributed by atoms with Crippen LogP contribution in [0.4, 0.5) is 4.39 Å². The van der Waals surface area contributed by atoms with Crippen molar-refractivity contribution in [2.45, 2.75) is 18.0 Å². The van der Waals surface area contributed by atoms with Gasteiger partial charge in [0.15, 0.2) is 0 Å². The van der Waals surface area contributed by atoms with Crippen LogP contribution in [0.5, 0.6) is 0 Å². The number of aryl methyl sites for hydroxylation is 1. The van der Waals surface area contributed by atoms with Gasteiger partial charge in [0.1, 0.15) is 5.82 Å². The van der Waals surface area contributed by atoms with E-state index in [1.807, 2.05) is 0 Å². The molecule has 6 nitrogen and oxygen atoms in total. The third kappa shape index (κ3) is 3.21. The molecule has 0 spiro atoms. The Balaban J connectivity index is 2.24. The van der Waals surface area contributed by atoms with Gasteiger partial charge in [-0.2, -0.15) is 5.10 Å². The number of sulfonamides is 1. The van der Waals surface area contributed by atoms with Crippen molar-refractivity contribution in [3.05, 3.63) is 47.5 Å². The van der Waals surface area contributed by atoms with E-state index >= 15 is 0 Å². The monoisotopic (exact) mass is 298 g/mol. The molecular weight excluding hydrogens is 283 g/mol. The third-order valence-electron chi connectivity index (χ3n) is 2.76. The number of aromatic nitrogens is 2. The molecule has 1 aromatic carbocycles. The molecule has 0 bridgehead atoms. The molecule has 0 fully saturated rings. The first-order valence-electron chi connectivity index (χ1n) is 5.88. The number of hydrogen-bond donors (Lipinski definition) is 2. The summed E-state index contributed by atoms with van der Waals surface area (Å²) in [5.41, 5.74) is 6.56. The SMILES string of the molecule is Cn1cc(CNS(=O)(=O)c2cc(F)ccc2CN)cn1. The van der Waals surface area contributed by atoms with Crippen LogP contribution in [0, 0.1) is 5.82 Å². The van der Waals surface area contributed by atoms with E-state index in [-0.39, 0.29) is 18.0 Å². The maximum absolute atomic E-state index is 13.2. The molecule has 2 rings (SSSR count). The summed E-state index contributed by atoms with van der Waals surface area (Å²) in [6.07, 6.45) is 3.25. The summed E-state index contributed by atoms with van der Waals surface area (Å²) >= 11 is 0. The highest BCUT2D eigenvalue weighted by atomic mass is 32.2. The summed E-state index contributed by atoms with van der Waals surface area (Å²) in [6, 6.07) is 3.52. The minimum Gasteiger partial charge on any atom is -0.326 e. The number of nitrogens with zero attached hydrogens (tertiary/aromatic N) is 2. The molecule has 0 aliphatic rings. The number of nitrogens with one attached hydrogen (secondary N) is 1. The first kappa shape index (κ1) is 14.6. The molecule has 1 aromatic heterocycles. The van der Waals surface area contributed by atoms with Crippen molar-refractivity contribution >= 4 is 10.0 Å². The average molecular weight is 298 g/mol. The fourth-order valence-electron chi connectivity index (χ4n) is 1.77. The highest BCUT2D eigenvalue weighted by molar-refractivity contribution is 7.89. The topological polar surface area (TPSA) is 90.0 Å². The average Bonchev–Trinajstić information content (AvgIpc) is 2.82. The largest absolute Gasteiger partial charge is 0.326 e. The van der Waals surface area contributed by atoms with E-state index in [9.17, 15) is 12.8 Å². The van der Waals surface area contributed by atoms with Gasteiger partial charge in [0.25, 0.3) is 0 Å². The van der Waals surface area contributed by atoms with Gasteiger partial charge in [-0.25, -0.2) is 17.5 Å². The zero-order valence-corrected chi connectivity index (χ0v) is 11.7. The van der Waals surface area contributed by atoms with Crippen LogP contribution in [0.15, 0.2) is 35.5 Å². The van der Waals surface area contributed by atoms with Crippen LogP contribution in [0.1, 0.15) is 11.1 Å². The highest BCUT2D eigenvalue weighted by Crippen LogP contribution is 2.17. The van der Waals surface area contributed by atoms with Gasteiger partial charge in [-0.05, 0) is 17.7 Å². The molecular formula is C12H15FN4O2S. The van der Waals surface area contributed by atoms with E-state index in [1.54, 1.807) is 24.1 Å². The maximum atomic E-state index is 13.2. The van der Waals surface area contributed by atoms with Gasteiger partial charge >= 0.3 is 0 Å². The van der Waals surface area contributed by atoms with E-state index < -0.39 is 15.8 Å². The fraction of sp³-hybridized carbons (Fsp3) is 0.250. The van der Waals surface area contributed by atoms with E-state index in [2.05, 4.69) is 9.82 Å². The second kappa shape index (κ2) is 5.70. The van der Waals surface area contributed by atoms with Gasteiger partial charge in [0, 0.05) is 31.9 Å². The summed E-state index contributed by atoms with van der Waals surface area (Å²) in [5.74, 6) is -0.621. The molecule has 0 aliphatic carbocycles. The number of rotatable bonds is 5. The van der Waals surface area contributed by atoms with Crippen LogP contribution in [-0.4, -0.2) is 18.2 Å². The van der Waals surface area contributed by atoms with Gasteiger partial charge in [-0.15, -0.1) is 0 Å². The molecule has 0 unspecified atom stereocenters. The number of benzene rings is 1. The fourth-order valence-corrected chi connectivity index (χ4v) is 3.04. The molecule has 0 atom stereocenters. The van der Waals surface area contributed by atoms with Crippen LogP contribution in [0.25, 0.3) is 0 Å². The Kier molecular flexibility index (Phi) is 4.17. The number of halogens is 1. The minimum atomic E-state index is -3.82. The van der Waals surface area contributed by atoms with Crippen molar-refractivity contribution in [1.82, 2.24) is 14.5 Å². The van der Waals surface area contributed by atoms with Gasteiger partial charge < -0.3 is 5.73 Å². The predicted molar refractivity (Wildman–Crippen MR) is 71.5 cm³/mol. The quantitative estimate of drug-likeness (QED) is 0.841. The Morgan fingerprint density at radius 3 is 2.80 bits per heavy atom. The van der Waals surface area contributed by atoms with Crippen molar-refractivity contribution in [2.24, 2.45) is 12.8 Å². The van der Waals surface area contributed by atoms with Crippen molar-refractivity contribution in [3.8, 4) is 0 Å². The van der Waals surface area contributed by atoms with Crippen LogP contribution >= 0.6 is 0 Å². The van der Waals surface area contributed by atoms with E-state index in [0.717, 1.165) is 6.07 Å². The lowest BCUT2D eigenvalue weighted by atomic mass is 10.2. The molecule has 2 aromatic rings. The molecule has 0 saturated heterocycles. The molecule has 0 amide bonds. The van der Waals surface area contributed by atoms with Crippen LogP contribution in [0.3, 0.4) is 0 Å². The normalized spacial score (nSPS) is 11.8. The lowest BCUT2D eigenvalue weighted by Crippen LogP contribution is -2.25. The molecule has 20 heavy (non-hydrogen) atoms. The van der Waals surface area contributed by atoms with E-state index in [4.69, 9.17) is 5.73 Å². The van der Waals surface area contributed by atoms with E-state index in [1.165, 1.54) is 12.1 Å². The Morgan fingerprint density at radius 1 is 1.45 bits per heavy atom. The molecule has 0 saturated carbocycles. The molecule has 8 heteroatoms.